The number of nitrogens with one attached hydrogen (secondary N) is 1. The topological polar surface area (TPSA) is 79.3 Å². The zero-order chi connectivity index (χ0) is 14.4. The molecule has 20 heavy (non-hydrogen) atoms. The second kappa shape index (κ2) is 6.72. The van der Waals surface area contributed by atoms with Gasteiger partial charge < -0.3 is 10.4 Å². The lowest BCUT2D eigenvalue weighted by Crippen LogP contribution is -2.14. The van der Waals surface area contributed by atoms with Gasteiger partial charge in [-0.15, -0.1) is 11.8 Å². The van der Waals surface area contributed by atoms with E-state index in [0.29, 0.717) is 10.6 Å². The monoisotopic (exact) mass is 288 g/mol. The number of carboxylic acid groups (broad SMARTS) is 1. The SMILES string of the molecule is O=C(CSc1ccccc1C(=O)O)Nc1cccnc1. The molecule has 0 saturated heterocycles. The van der Waals surface area contributed by atoms with E-state index in [0.717, 1.165) is 0 Å². The normalized spacial score (nSPS) is 10.0. The van der Waals surface area contributed by atoms with Gasteiger partial charge in [0.1, 0.15) is 0 Å². The molecule has 0 unspecified atom stereocenters. The summed E-state index contributed by atoms with van der Waals surface area (Å²) in [6.07, 6.45) is 3.17. The molecular formula is C14H12N2O3S. The second-order valence-electron chi connectivity index (χ2n) is 3.88. The Kier molecular flexibility index (Phi) is 4.73. The van der Waals surface area contributed by atoms with Gasteiger partial charge in [-0.2, -0.15) is 0 Å². The van der Waals surface area contributed by atoms with E-state index >= 15 is 0 Å². The first kappa shape index (κ1) is 14.1. The van der Waals surface area contributed by atoms with Crippen molar-refractivity contribution in [2.75, 3.05) is 11.1 Å². The summed E-state index contributed by atoms with van der Waals surface area (Å²) in [4.78, 5) is 27.3. The van der Waals surface area contributed by atoms with Gasteiger partial charge in [-0.25, -0.2) is 4.79 Å². The number of carboxylic acids is 1. The lowest BCUT2D eigenvalue weighted by molar-refractivity contribution is -0.113. The van der Waals surface area contributed by atoms with Crippen molar-refractivity contribution in [3.05, 3.63) is 54.4 Å². The smallest absolute Gasteiger partial charge is 0.336 e. The van der Waals surface area contributed by atoms with Crippen molar-refractivity contribution in [1.29, 1.82) is 0 Å². The molecule has 1 amide bonds. The minimum absolute atomic E-state index is 0.138. The predicted octanol–water partition coefficient (Wildman–Crippen LogP) is 2.51. The van der Waals surface area contributed by atoms with Crippen molar-refractivity contribution in [3.63, 3.8) is 0 Å². The standard InChI is InChI=1S/C14H12N2O3S/c17-13(16-10-4-3-7-15-8-10)9-20-12-6-2-1-5-11(12)14(18)19/h1-8H,9H2,(H,16,17)(H,18,19). The van der Waals surface area contributed by atoms with E-state index in [4.69, 9.17) is 5.11 Å². The fraction of sp³-hybridized carbons (Fsp3) is 0.0714. The van der Waals surface area contributed by atoms with Gasteiger partial charge in [0.15, 0.2) is 0 Å². The Morgan fingerprint density at radius 3 is 2.70 bits per heavy atom. The molecule has 0 atom stereocenters. The number of carbonyl (C=O) groups excluding carboxylic acids is 1. The molecule has 0 aliphatic heterocycles. The molecule has 1 heterocycles. The number of thioether (sulfide) groups is 1. The summed E-state index contributed by atoms with van der Waals surface area (Å²) < 4.78 is 0. The Balaban J connectivity index is 1.96. The minimum atomic E-state index is -0.999. The Bertz CT molecular complexity index is 617. The van der Waals surface area contributed by atoms with Crippen LogP contribution in [0.25, 0.3) is 0 Å². The summed E-state index contributed by atoms with van der Waals surface area (Å²) in [5.74, 6) is -1.07. The second-order valence-corrected chi connectivity index (χ2v) is 4.90. The van der Waals surface area contributed by atoms with Crippen molar-refractivity contribution < 1.29 is 14.7 Å². The molecule has 2 rings (SSSR count). The highest BCUT2D eigenvalue weighted by atomic mass is 32.2. The number of amides is 1. The van der Waals surface area contributed by atoms with Gasteiger partial charge in [0.2, 0.25) is 5.91 Å². The Morgan fingerprint density at radius 2 is 2.00 bits per heavy atom. The molecule has 1 aromatic carbocycles. The van der Waals surface area contributed by atoms with Crippen molar-refractivity contribution in [1.82, 2.24) is 4.98 Å². The molecule has 0 fully saturated rings. The Labute approximate surface area is 120 Å². The molecule has 0 bridgehead atoms. The van der Waals surface area contributed by atoms with Crippen LogP contribution < -0.4 is 5.32 Å². The molecule has 1 aromatic heterocycles. The van der Waals surface area contributed by atoms with E-state index in [1.165, 1.54) is 17.8 Å². The molecule has 2 aromatic rings. The number of hydrogen-bond acceptors (Lipinski definition) is 4. The van der Waals surface area contributed by atoms with Crippen LogP contribution in [-0.2, 0) is 4.79 Å². The molecule has 6 heteroatoms. The third kappa shape index (κ3) is 3.83. The number of rotatable bonds is 5. The van der Waals surface area contributed by atoms with Crippen LogP contribution in [0.3, 0.4) is 0 Å². The van der Waals surface area contributed by atoms with E-state index < -0.39 is 5.97 Å². The predicted molar refractivity (Wildman–Crippen MR) is 77.0 cm³/mol. The van der Waals surface area contributed by atoms with Gasteiger partial charge in [0.05, 0.1) is 23.2 Å². The van der Waals surface area contributed by atoms with Crippen LogP contribution in [-0.4, -0.2) is 27.7 Å². The van der Waals surface area contributed by atoms with E-state index in [1.54, 1.807) is 42.7 Å². The largest absolute Gasteiger partial charge is 0.478 e. The van der Waals surface area contributed by atoms with Gasteiger partial charge in [-0.3, -0.25) is 9.78 Å². The van der Waals surface area contributed by atoms with E-state index in [1.807, 2.05) is 0 Å². The van der Waals surface area contributed by atoms with Crippen LogP contribution in [0.4, 0.5) is 5.69 Å². The lowest BCUT2D eigenvalue weighted by atomic mass is 10.2. The van der Waals surface area contributed by atoms with Crippen LogP contribution in [0.15, 0.2) is 53.7 Å². The Morgan fingerprint density at radius 1 is 1.20 bits per heavy atom. The van der Waals surface area contributed by atoms with Gasteiger partial charge in [0, 0.05) is 11.1 Å². The van der Waals surface area contributed by atoms with E-state index in [-0.39, 0.29) is 17.2 Å². The maximum Gasteiger partial charge on any atom is 0.336 e. The van der Waals surface area contributed by atoms with Gasteiger partial charge in [-0.05, 0) is 24.3 Å². The van der Waals surface area contributed by atoms with Crippen molar-refractivity contribution in [3.8, 4) is 0 Å². The number of aromatic nitrogens is 1. The highest BCUT2D eigenvalue weighted by Gasteiger charge is 2.11. The van der Waals surface area contributed by atoms with Crippen LogP contribution in [0, 0.1) is 0 Å². The number of anilines is 1. The maximum atomic E-state index is 11.8. The quantitative estimate of drug-likeness (QED) is 0.826. The zero-order valence-corrected chi connectivity index (χ0v) is 11.3. The molecule has 0 spiro atoms. The molecule has 5 nitrogen and oxygen atoms in total. The summed E-state index contributed by atoms with van der Waals surface area (Å²) in [7, 11) is 0. The highest BCUT2D eigenvalue weighted by molar-refractivity contribution is 8.00. The maximum absolute atomic E-state index is 11.8. The van der Waals surface area contributed by atoms with Crippen LogP contribution in [0.1, 0.15) is 10.4 Å². The van der Waals surface area contributed by atoms with Gasteiger partial charge >= 0.3 is 5.97 Å². The summed E-state index contributed by atoms with van der Waals surface area (Å²) in [5.41, 5.74) is 0.816. The zero-order valence-electron chi connectivity index (χ0n) is 10.4. The summed E-state index contributed by atoms with van der Waals surface area (Å²) in [6.45, 7) is 0. The average molecular weight is 288 g/mol. The molecule has 0 aliphatic rings. The Hall–Kier alpha value is -2.34. The third-order valence-corrected chi connectivity index (χ3v) is 3.50. The fourth-order valence-corrected chi connectivity index (χ4v) is 2.39. The molecule has 2 N–H and O–H groups in total. The highest BCUT2D eigenvalue weighted by Crippen LogP contribution is 2.22. The van der Waals surface area contributed by atoms with Crippen molar-refractivity contribution in [2.24, 2.45) is 0 Å². The first-order valence-electron chi connectivity index (χ1n) is 5.82. The average Bonchev–Trinajstić information content (AvgIpc) is 2.46. The third-order valence-electron chi connectivity index (χ3n) is 2.42. The van der Waals surface area contributed by atoms with Crippen LogP contribution in [0.5, 0.6) is 0 Å². The van der Waals surface area contributed by atoms with Gasteiger partial charge in [-0.1, -0.05) is 12.1 Å². The summed E-state index contributed by atoms with van der Waals surface area (Å²) in [5, 5.41) is 11.7. The molecular weight excluding hydrogens is 276 g/mol. The van der Waals surface area contributed by atoms with Gasteiger partial charge in [0.25, 0.3) is 0 Å². The number of pyridine rings is 1. The molecule has 0 aliphatic carbocycles. The molecule has 102 valence electrons. The summed E-state index contributed by atoms with van der Waals surface area (Å²) >= 11 is 1.19. The molecule has 0 radical (unpaired) electrons. The number of benzene rings is 1. The number of aromatic carboxylic acids is 1. The van der Waals surface area contributed by atoms with E-state index in [2.05, 4.69) is 10.3 Å². The van der Waals surface area contributed by atoms with Crippen molar-refractivity contribution in [2.45, 2.75) is 4.90 Å². The number of hydrogen-bond donors (Lipinski definition) is 2. The van der Waals surface area contributed by atoms with Crippen LogP contribution in [0.2, 0.25) is 0 Å². The first-order chi connectivity index (χ1) is 9.66. The fourth-order valence-electron chi connectivity index (χ4n) is 1.55. The first-order valence-corrected chi connectivity index (χ1v) is 6.80. The molecule has 0 saturated carbocycles. The number of nitrogens with zero attached hydrogens (tertiary/aromatic N) is 1. The number of carbonyl (C=O) groups is 2. The lowest BCUT2D eigenvalue weighted by Gasteiger charge is -2.06. The van der Waals surface area contributed by atoms with Crippen molar-refractivity contribution >= 4 is 29.3 Å². The van der Waals surface area contributed by atoms with E-state index in [9.17, 15) is 9.59 Å². The summed E-state index contributed by atoms with van der Waals surface area (Å²) in [6, 6.07) is 10.1. The minimum Gasteiger partial charge on any atom is -0.478 e. The van der Waals surface area contributed by atoms with Crippen LogP contribution >= 0.6 is 11.8 Å².